The van der Waals surface area contributed by atoms with Gasteiger partial charge in [0.05, 0.1) is 6.04 Å². The van der Waals surface area contributed by atoms with Crippen molar-refractivity contribution in [3.63, 3.8) is 0 Å². The lowest BCUT2D eigenvalue weighted by atomic mass is 10.0. The number of halogens is 1. The number of nitrogens with one attached hydrogen (secondary N) is 1. The van der Waals surface area contributed by atoms with E-state index in [4.69, 9.17) is 11.6 Å². The van der Waals surface area contributed by atoms with Crippen LogP contribution in [-0.4, -0.2) is 45.2 Å². The lowest BCUT2D eigenvalue weighted by Gasteiger charge is -2.35. The molecule has 1 amide bonds. The molecule has 140 valence electrons. The molecule has 0 radical (unpaired) electrons. The molecule has 1 aliphatic heterocycles. The van der Waals surface area contributed by atoms with Crippen LogP contribution in [0.15, 0.2) is 36.9 Å². The van der Waals surface area contributed by atoms with Gasteiger partial charge in [0.1, 0.15) is 12.7 Å². The monoisotopic (exact) mass is 375 g/mol. The number of hydrogen-bond acceptors (Lipinski definition) is 4. The molecule has 7 heteroatoms. The number of nitrogens with zero attached hydrogens (tertiary/aromatic N) is 4. The van der Waals surface area contributed by atoms with Crippen molar-refractivity contribution in [2.45, 2.75) is 44.7 Å². The van der Waals surface area contributed by atoms with Crippen molar-refractivity contribution in [2.24, 2.45) is 0 Å². The average molecular weight is 376 g/mol. The third-order valence-corrected chi connectivity index (χ3v) is 5.09. The van der Waals surface area contributed by atoms with E-state index in [9.17, 15) is 4.79 Å². The smallest absolute Gasteiger partial charge is 0.220 e. The van der Waals surface area contributed by atoms with Crippen LogP contribution in [0.4, 0.5) is 0 Å². The maximum Gasteiger partial charge on any atom is 0.220 e. The van der Waals surface area contributed by atoms with E-state index in [0.29, 0.717) is 19.5 Å². The molecule has 0 aliphatic carbocycles. The number of carbonyl (C=O) groups excluding carboxylic acids is 1. The van der Waals surface area contributed by atoms with E-state index in [-0.39, 0.29) is 11.9 Å². The zero-order chi connectivity index (χ0) is 18.2. The normalized spacial score (nSPS) is 16.3. The Morgan fingerprint density at radius 2 is 1.96 bits per heavy atom. The van der Waals surface area contributed by atoms with Gasteiger partial charge in [0.2, 0.25) is 5.91 Å². The standard InChI is InChI=1S/C19H26ClN5O/c20-17-8-6-16(7-9-17)18(24-10-2-1-3-11-24)13-22-19(26)5-4-12-25-15-21-14-23-25/h6-9,14-15,18H,1-5,10-13H2,(H,22,26). The molecule has 6 nitrogen and oxygen atoms in total. The molecule has 1 unspecified atom stereocenters. The molecule has 0 spiro atoms. The fourth-order valence-electron chi connectivity index (χ4n) is 3.42. The molecule has 0 saturated carbocycles. The molecule has 26 heavy (non-hydrogen) atoms. The summed E-state index contributed by atoms with van der Waals surface area (Å²) in [4.78, 5) is 18.6. The second-order valence-corrected chi connectivity index (χ2v) is 7.17. The van der Waals surface area contributed by atoms with E-state index in [1.165, 1.54) is 31.2 Å². The zero-order valence-electron chi connectivity index (χ0n) is 15.0. The highest BCUT2D eigenvalue weighted by Crippen LogP contribution is 2.25. The fraction of sp³-hybridized carbons (Fsp3) is 0.526. The summed E-state index contributed by atoms with van der Waals surface area (Å²) in [5.74, 6) is 0.0843. The summed E-state index contributed by atoms with van der Waals surface area (Å²) in [7, 11) is 0. The van der Waals surface area contributed by atoms with Gasteiger partial charge in [-0.3, -0.25) is 14.4 Å². The average Bonchev–Trinajstić information content (AvgIpc) is 3.18. The number of carbonyl (C=O) groups is 1. The summed E-state index contributed by atoms with van der Waals surface area (Å²) in [5, 5.41) is 7.91. The summed E-state index contributed by atoms with van der Waals surface area (Å²) in [6.45, 7) is 3.49. The van der Waals surface area contributed by atoms with Crippen LogP contribution in [-0.2, 0) is 11.3 Å². The van der Waals surface area contributed by atoms with Crippen LogP contribution in [0.2, 0.25) is 5.02 Å². The molecule has 1 fully saturated rings. The zero-order valence-corrected chi connectivity index (χ0v) is 15.7. The Morgan fingerprint density at radius 1 is 1.19 bits per heavy atom. The van der Waals surface area contributed by atoms with E-state index in [2.05, 4.69) is 32.4 Å². The van der Waals surface area contributed by atoms with Crippen LogP contribution >= 0.6 is 11.6 Å². The lowest BCUT2D eigenvalue weighted by Crippen LogP contribution is -2.40. The molecule has 1 aromatic carbocycles. The number of hydrogen-bond donors (Lipinski definition) is 1. The van der Waals surface area contributed by atoms with Gasteiger partial charge in [0, 0.05) is 24.5 Å². The number of rotatable bonds is 8. The van der Waals surface area contributed by atoms with Crippen LogP contribution in [0.1, 0.15) is 43.7 Å². The van der Waals surface area contributed by atoms with Crippen molar-refractivity contribution in [3.05, 3.63) is 47.5 Å². The Labute approximate surface area is 159 Å². The Hall–Kier alpha value is -1.92. The number of aromatic nitrogens is 3. The number of amides is 1. The van der Waals surface area contributed by atoms with Crippen LogP contribution < -0.4 is 5.32 Å². The molecule has 1 saturated heterocycles. The number of benzene rings is 1. The van der Waals surface area contributed by atoms with Gasteiger partial charge in [-0.15, -0.1) is 0 Å². The third-order valence-electron chi connectivity index (χ3n) is 4.84. The summed E-state index contributed by atoms with van der Waals surface area (Å²) >= 11 is 6.03. The first-order valence-electron chi connectivity index (χ1n) is 9.31. The van der Waals surface area contributed by atoms with Gasteiger partial charge in [-0.25, -0.2) is 4.98 Å². The predicted molar refractivity (Wildman–Crippen MR) is 102 cm³/mol. The van der Waals surface area contributed by atoms with Crippen LogP contribution in [0, 0.1) is 0 Å². The second-order valence-electron chi connectivity index (χ2n) is 6.73. The SMILES string of the molecule is O=C(CCCn1cncn1)NCC(c1ccc(Cl)cc1)N1CCCCC1. The maximum absolute atomic E-state index is 12.2. The van der Waals surface area contributed by atoms with Crippen molar-refractivity contribution in [3.8, 4) is 0 Å². The van der Waals surface area contributed by atoms with Crippen LogP contribution in [0.25, 0.3) is 0 Å². The summed E-state index contributed by atoms with van der Waals surface area (Å²) in [6.07, 6.45) is 8.16. The molecule has 1 aromatic heterocycles. The van der Waals surface area contributed by atoms with Gasteiger partial charge >= 0.3 is 0 Å². The fourth-order valence-corrected chi connectivity index (χ4v) is 3.55. The molecule has 2 heterocycles. The first-order valence-corrected chi connectivity index (χ1v) is 9.69. The molecule has 1 N–H and O–H groups in total. The quantitative estimate of drug-likeness (QED) is 0.770. The molecular weight excluding hydrogens is 350 g/mol. The summed E-state index contributed by atoms with van der Waals surface area (Å²) in [5.41, 5.74) is 1.21. The second kappa shape index (κ2) is 9.69. The van der Waals surface area contributed by atoms with Crippen molar-refractivity contribution in [1.29, 1.82) is 0 Å². The van der Waals surface area contributed by atoms with E-state index in [1.54, 1.807) is 11.0 Å². The molecular formula is C19H26ClN5O. The first kappa shape index (κ1) is 18.9. The Bertz CT molecular complexity index is 668. The maximum atomic E-state index is 12.2. The van der Waals surface area contributed by atoms with Gasteiger partial charge < -0.3 is 5.32 Å². The van der Waals surface area contributed by atoms with E-state index in [0.717, 1.165) is 24.5 Å². The Kier molecular flexibility index (Phi) is 7.03. The van der Waals surface area contributed by atoms with E-state index in [1.807, 2.05) is 12.1 Å². The van der Waals surface area contributed by atoms with Crippen molar-refractivity contribution >= 4 is 17.5 Å². The highest BCUT2D eigenvalue weighted by atomic mass is 35.5. The lowest BCUT2D eigenvalue weighted by molar-refractivity contribution is -0.121. The molecule has 2 aromatic rings. The molecule has 1 aliphatic rings. The number of piperidine rings is 1. The number of likely N-dealkylation sites (tertiary alicyclic amines) is 1. The number of aryl methyl sites for hydroxylation is 1. The molecule has 1 atom stereocenters. The first-order chi connectivity index (χ1) is 12.7. The van der Waals surface area contributed by atoms with E-state index >= 15 is 0 Å². The predicted octanol–water partition coefficient (Wildman–Crippen LogP) is 3.06. The highest BCUT2D eigenvalue weighted by Gasteiger charge is 2.22. The van der Waals surface area contributed by atoms with Crippen molar-refractivity contribution in [2.75, 3.05) is 19.6 Å². The molecule has 3 rings (SSSR count). The van der Waals surface area contributed by atoms with Gasteiger partial charge in [0.15, 0.2) is 0 Å². The van der Waals surface area contributed by atoms with Crippen LogP contribution in [0.5, 0.6) is 0 Å². The largest absolute Gasteiger partial charge is 0.354 e. The summed E-state index contributed by atoms with van der Waals surface area (Å²) in [6, 6.07) is 8.19. The van der Waals surface area contributed by atoms with Gasteiger partial charge in [-0.1, -0.05) is 30.2 Å². The Morgan fingerprint density at radius 3 is 2.65 bits per heavy atom. The van der Waals surface area contributed by atoms with Gasteiger partial charge in [-0.05, 0) is 50.0 Å². The topological polar surface area (TPSA) is 63.1 Å². The minimum absolute atomic E-state index is 0.0843. The minimum atomic E-state index is 0.0843. The van der Waals surface area contributed by atoms with Crippen LogP contribution in [0.3, 0.4) is 0 Å². The highest BCUT2D eigenvalue weighted by molar-refractivity contribution is 6.30. The molecule has 0 bridgehead atoms. The third kappa shape index (κ3) is 5.54. The minimum Gasteiger partial charge on any atom is -0.354 e. The van der Waals surface area contributed by atoms with Gasteiger partial charge in [0.25, 0.3) is 0 Å². The summed E-state index contributed by atoms with van der Waals surface area (Å²) < 4.78 is 1.75. The van der Waals surface area contributed by atoms with Gasteiger partial charge in [-0.2, -0.15) is 5.10 Å². The Balaban J connectivity index is 1.53. The van der Waals surface area contributed by atoms with Crippen molar-refractivity contribution < 1.29 is 4.79 Å². The van der Waals surface area contributed by atoms with E-state index < -0.39 is 0 Å². The van der Waals surface area contributed by atoms with Crippen molar-refractivity contribution in [1.82, 2.24) is 25.0 Å².